The maximum absolute atomic E-state index is 13.1. The minimum absolute atomic E-state index is 0.0505. The molecule has 6 rings (SSSR count). The largest absolute Gasteiger partial charge is 0.297 e. The van der Waals surface area contributed by atoms with Gasteiger partial charge in [-0.25, -0.2) is 9.88 Å². The number of allylic oxidation sites excluding steroid dienone is 2. The highest BCUT2D eigenvalue weighted by Gasteiger charge is 2.59. The topological polar surface area (TPSA) is 55.2 Å². The number of anilines is 1. The summed E-state index contributed by atoms with van der Waals surface area (Å²) in [4.78, 5) is 32.2. The number of hydrogen-bond acceptors (Lipinski definition) is 3. The smallest absolute Gasteiger partial charge is 0.238 e. The molecule has 3 aliphatic rings. The van der Waals surface area contributed by atoms with Gasteiger partial charge in [0.1, 0.15) is 5.82 Å². The van der Waals surface area contributed by atoms with Gasteiger partial charge in [-0.05, 0) is 55.5 Å². The number of carbonyl (C=O) groups excluding carboxylic acids is 2. The minimum atomic E-state index is -0.179. The molecular formula is C23H19N3O2. The second kappa shape index (κ2) is 5.41. The van der Waals surface area contributed by atoms with E-state index < -0.39 is 0 Å². The summed E-state index contributed by atoms with van der Waals surface area (Å²) < 4.78 is 2.09. The molecule has 1 saturated carbocycles. The summed E-state index contributed by atoms with van der Waals surface area (Å²) >= 11 is 0. The quantitative estimate of drug-likeness (QED) is 0.512. The number of amides is 2. The number of hydrogen-bond donors (Lipinski definition) is 0. The average molecular weight is 369 g/mol. The number of rotatable bonds is 2. The van der Waals surface area contributed by atoms with Crippen molar-refractivity contribution in [2.75, 3.05) is 4.90 Å². The molecule has 0 radical (unpaired) electrons. The first-order valence-corrected chi connectivity index (χ1v) is 9.74. The van der Waals surface area contributed by atoms with E-state index in [-0.39, 0.29) is 35.5 Å². The van der Waals surface area contributed by atoms with Gasteiger partial charge >= 0.3 is 0 Å². The van der Waals surface area contributed by atoms with E-state index in [1.54, 1.807) is 0 Å². The average Bonchev–Trinajstić information content (AvgIpc) is 3.44. The molecule has 2 amide bonds. The van der Waals surface area contributed by atoms with Crippen LogP contribution in [0.5, 0.6) is 0 Å². The van der Waals surface area contributed by atoms with E-state index in [4.69, 9.17) is 0 Å². The maximum atomic E-state index is 13.1. The number of aromatic nitrogens is 2. The summed E-state index contributed by atoms with van der Waals surface area (Å²) in [6, 6.07) is 15.8. The fourth-order valence-corrected chi connectivity index (χ4v) is 5.39. The van der Waals surface area contributed by atoms with Crippen LogP contribution in [-0.4, -0.2) is 21.4 Å². The van der Waals surface area contributed by atoms with Crippen molar-refractivity contribution in [2.24, 2.45) is 23.7 Å². The fourth-order valence-electron chi connectivity index (χ4n) is 5.39. The van der Waals surface area contributed by atoms with Crippen LogP contribution in [0.1, 0.15) is 12.2 Å². The number of carbonyl (C=O) groups is 2. The molecule has 2 bridgehead atoms. The fraction of sp³-hybridized carbons (Fsp3) is 0.261. The Labute approximate surface area is 162 Å². The van der Waals surface area contributed by atoms with Gasteiger partial charge in [-0.3, -0.25) is 14.2 Å². The second-order valence-corrected chi connectivity index (χ2v) is 8.01. The zero-order valence-corrected chi connectivity index (χ0v) is 15.4. The summed E-state index contributed by atoms with van der Waals surface area (Å²) in [6.07, 6.45) is 5.18. The van der Waals surface area contributed by atoms with E-state index in [1.165, 1.54) is 4.90 Å². The van der Waals surface area contributed by atoms with Gasteiger partial charge in [-0.15, -0.1) is 0 Å². The Kier molecular flexibility index (Phi) is 3.05. The molecule has 2 fully saturated rings. The first-order valence-electron chi connectivity index (χ1n) is 9.74. The molecule has 0 N–H and O–H groups in total. The highest BCUT2D eigenvalue weighted by atomic mass is 16.2. The number of imide groups is 1. The number of imidazole rings is 1. The Bertz CT molecular complexity index is 1150. The van der Waals surface area contributed by atoms with Crippen molar-refractivity contribution in [1.29, 1.82) is 0 Å². The van der Waals surface area contributed by atoms with Gasteiger partial charge in [0.2, 0.25) is 11.8 Å². The predicted octanol–water partition coefficient (Wildman–Crippen LogP) is 3.65. The van der Waals surface area contributed by atoms with E-state index in [0.717, 1.165) is 29.0 Å². The summed E-state index contributed by atoms with van der Waals surface area (Å²) in [5, 5.41) is 0. The highest BCUT2D eigenvalue weighted by Crippen LogP contribution is 2.53. The molecule has 1 saturated heterocycles. The molecule has 1 aromatic heterocycles. The normalized spacial score (nSPS) is 28.0. The Morgan fingerprint density at radius 3 is 2.25 bits per heavy atom. The number of para-hydroxylation sites is 1. The Hall–Kier alpha value is -3.21. The molecule has 4 atom stereocenters. The molecule has 2 heterocycles. The number of benzene rings is 2. The van der Waals surface area contributed by atoms with Gasteiger partial charge in [-0.1, -0.05) is 30.4 Å². The van der Waals surface area contributed by atoms with Crippen molar-refractivity contribution in [3.63, 3.8) is 0 Å². The van der Waals surface area contributed by atoms with Gasteiger partial charge in [-0.2, -0.15) is 0 Å². The zero-order chi connectivity index (χ0) is 19.0. The van der Waals surface area contributed by atoms with Gasteiger partial charge in [0.15, 0.2) is 0 Å². The Morgan fingerprint density at radius 2 is 1.57 bits per heavy atom. The SMILES string of the molecule is Cc1nc2cc(N3C(=O)[C@@H]4[C@@H](C3=O)[C@H]3C=C[C@@H]4C3)ccc2n1-c1ccccc1. The van der Waals surface area contributed by atoms with Crippen LogP contribution in [0.4, 0.5) is 5.69 Å². The molecule has 2 aromatic carbocycles. The lowest BCUT2D eigenvalue weighted by atomic mass is 9.85. The molecule has 28 heavy (non-hydrogen) atoms. The van der Waals surface area contributed by atoms with Crippen molar-refractivity contribution in [3.8, 4) is 5.69 Å². The molecule has 3 aromatic rings. The van der Waals surface area contributed by atoms with Gasteiger partial charge < -0.3 is 0 Å². The van der Waals surface area contributed by atoms with Crippen LogP contribution in [0.3, 0.4) is 0 Å². The number of nitrogens with zero attached hydrogens (tertiary/aromatic N) is 3. The first kappa shape index (κ1) is 15.8. The van der Waals surface area contributed by atoms with Crippen molar-refractivity contribution in [2.45, 2.75) is 13.3 Å². The van der Waals surface area contributed by atoms with E-state index in [0.29, 0.717) is 5.69 Å². The lowest BCUT2D eigenvalue weighted by molar-refractivity contribution is -0.123. The van der Waals surface area contributed by atoms with Crippen molar-refractivity contribution < 1.29 is 9.59 Å². The van der Waals surface area contributed by atoms with Crippen LogP contribution in [0.25, 0.3) is 16.7 Å². The van der Waals surface area contributed by atoms with Gasteiger partial charge in [0.25, 0.3) is 0 Å². The lowest BCUT2D eigenvalue weighted by Gasteiger charge is -2.17. The summed E-state index contributed by atoms with van der Waals surface area (Å²) in [5.74, 6) is 0.857. The van der Waals surface area contributed by atoms with Crippen LogP contribution >= 0.6 is 0 Å². The van der Waals surface area contributed by atoms with Crippen LogP contribution in [0.15, 0.2) is 60.7 Å². The predicted molar refractivity (Wildman–Crippen MR) is 106 cm³/mol. The molecule has 2 aliphatic carbocycles. The third-order valence-electron chi connectivity index (χ3n) is 6.55. The van der Waals surface area contributed by atoms with E-state index in [1.807, 2.05) is 55.5 Å². The zero-order valence-electron chi connectivity index (χ0n) is 15.4. The van der Waals surface area contributed by atoms with E-state index in [9.17, 15) is 9.59 Å². The number of aryl methyl sites for hydroxylation is 1. The summed E-state index contributed by atoms with van der Waals surface area (Å²) in [5.41, 5.74) is 3.43. The monoisotopic (exact) mass is 369 g/mol. The highest BCUT2D eigenvalue weighted by molar-refractivity contribution is 6.23. The Balaban J connectivity index is 1.44. The summed E-state index contributed by atoms with van der Waals surface area (Å²) in [7, 11) is 0. The summed E-state index contributed by atoms with van der Waals surface area (Å²) in [6.45, 7) is 1.96. The molecule has 0 unspecified atom stereocenters. The first-order chi connectivity index (χ1) is 13.6. The van der Waals surface area contributed by atoms with Crippen molar-refractivity contribution in [1.82, 2.24) is 9.55 Å². The van der Waals surface area contributed by atoms with E-state index >= 15 is 0 Å². The molecule has 5 heteroatoms. The second-order valence-electron chi connectivity index (χ2n) is 8.01. The van der Waals surface area contributed by atoms with Crippen LogP contribution < -0.4 is 4.90 Å². The van der Waals surface area contributed by atoms with Crippen molar-refractivity contribution >= 4 is 28.5 Å². The van der Waals surface area contributed by atoms with Gasteiger partial charge in [0.05, 0.1) is 28.6 Å². The van der Waals surface area contributed by atoms with E-state index in [2.05, 4.69) is 21.7 Å². The Morgan fingerprint density at radius 1 is 0.893 bits per heavy atom. The van der Waals surface area contributed by atoms with Crippen LogP contribution in [0.2, 0.25) is 0 Å². The molecular weight excluding hydrogens is 350 g/mol. The van der Waals surface area contributed by atoms with Crippen LogP contribution in [0, 0.1) is 30.6 Å². The molecule has 1 aliphatic heterocycles. The third-order valence-corrected chi connectivity index (χ3v) is 6.55. The van der Waals surface area contributed by atoms with Crippen molar-refractivity contribution in [3.05, 3.63) is 66.5 Å². The number of fused-ring (bicyclic) bond motifs is 6. The molecule has 138 valence electrons. The van der Waals surface area contributed by atoms with Crippen LogP contribution in [-0.2, 0) is 9.59 Å². The van der Waals surface area contributed by atoms with Gasteiger partial charge in [0, 0.05) is 5.69 Å². The third kappa shape index (κ3) is 1.93. The molecule has 5 nitrogen and oxygen atoms in total. The molecule has 0 spiro atoms. The standard InChI is InChI=1S/C23H19N3O2/c1-13-24-18-12-17(9-10-19(18)25(13)16-5-3-2-4-6-16)26-22(27)20-14-7-8-15(11-14)21(20)23(26)28/h2-10,12,14-15,20-21H,11H2,1H3/t14-,15+,20-,21-/m0/s1. The lowest BCUT2D eigenvalue weighted by Crippen LogP contribution is -2.32. The minimum Gasteiger partial charge on any atom is -0.297 e. The maximum Gasteiger partial charge on any atom is 0.238 e.